The van der Waals surface area contributed by atoms with Crippen molar-refractivity contribution < 1.29 is 9.53 Å². The number of methoxy groups -OCH3 is 1. The molecule has 1 aromatic carbocycles. The predicted octanol–water partition coefficient (Wildman–Crippen LogP) is 3.40. The van der Waals surface area contributed by atoms with E-state index in [0.29, 0.717) is 24.2 Å². The molecule has 1 aliphatic rings. The van der Waals surface area contributed by atoms with Crippen LogP contribution in [-0.2, 0) is 11.2 Å². The van der Waals surface area contributed by atoms with Gasteiger partial charge in [0.25, 0.3) is 0 Å². The number of piperidine rings is 1. The first-order valence-corrected chi connectivity index (χ1v) is 9.63. The maximum Gasteiger partial charge on any atom is 0.220 e. The largest absolute Gasteiger partial charge is 0.496 e. The van der Waals surface area contributed by atoms with E-state index in [9.17, 15) is 4.79 Å². The van der Waals surface area contributed by atoms with Gasteiger partial charge in [-0.15, -0.1) is 0 Å². The van der Waals surface area contributed by atoms with Crippen molar-refractivity contribution in [1.29, 1.82) is 0 Å². The summed E-state index contributed by atoms with van der Waals surface area (Å²) in [6, 6.07) is 8.19. The molecule has 1 aliphatic heterocycles. The van der Waals surface area contributed by atoms with Crippen molar-refractivity contribution in [3.63, 3.8) is 0 Å². The van der Waals surface area contributed by atoms with Crippen LogP contribution < -0.4 is 15.4 Å². The van der Waals surface area contributed by atoms with Crippen LogP contribution in [0.1, 0.15) is 45.6 Å². The first kappa shape index (κ1) is 19.8. The summed E-state index contributed by atoms with van der Waals surface area (Å²) < 4.78 is 5.46. The number of hydrogen-bond acceptors (Lipinski definition) is 3. The molecule has 4 nitrogen and oxygen atoms in total. The zero-order valence-electron chi connectivity index (χ0n) is 16.2. The van der Waals surface area contributed by atoms with Crippen molar-refractivity contribution in [3.05, 3.63) is 29.8 Å². The molecule has 140 valence electrons. The lowest BCUT2D eigenvalue weighted by Crippen LogP contribution is -2.41. The summed E-state index contributed by atoms with van der Waals surface area (Å²) in [6.07, 6.45) is 3.79. The Balaban J connectivity index is 1.92. The second-order valence-electron chi connectivity index (χ2n) is 7.70. The van der Waals surface area contributed by atoms with Crippen molar-refractivity contribution in [2.75, 3.05) is 20.2 Å². The maximum absolute atomic E-state index is 12.6. The summed E-state index contributed by atoms with van der Waals surface area (Å²) in [7, 11) is 1.70. The van der Waals surface area contributed by atoms with Gasteiger partial charge in [-0.05, 0) is 61.7 Å². The molecule has 1 aromatic rings. The Kier molecular flexibility index (Phi) is 7.76. The van der Waals surface area contributed by atoms with Gasteiger partial charge in [-0.3, -0.25) is 4.79 Å². The minimum absolute atomic E-state index is 0.129. The SMILES string of the molecule is COc1ccccc1CC(NC(=O)CC(C)C1CCNCC1)C(C)C. The van der Waals surface area contributed by atoms with Crippen LogP contribution in [0.15, 0.2) is 24.3 Å². The second-order valence-corrected chi connectivity index (χ2v) is 7.70. The molecule has 1 fully saturated rings. The number of para-hydroxylation sites is 1. The number of ether oxygens (including phenoxy) is 1. The molecule has 1 saturated heterocycles. The average molecular weight is 347 g/mol. The van der Waals surface area contributed by atoms with Crippen molar-refractivity contribution in [2.24, 2.45) is 17.8 Å². The minimum atomic E-state index is 0.129. The zero-order chi connectivity index (χ0) is 18.2. The topological polar surface area (TPSA) is 50.4 Å². The molecule has 0 spiro atoms. The fraction of sp³-hybridized carbons (Fsp3) is 0.667. The summed E-state index contributed by atoms with van der Waals surface area (Å²) in [5.41, 5.74) is 1.15. The summed E-state index contributed by atoms with van der Waals surface area (Å²) in [5, 5.41) is 6.67. The first-order chi connectivity index (χ1) is 12.0. The molecule has 2 rings (SSSR count). The second kappa shape index (κ2) is 9.81. The van der Waals surface area contributed by atoms with Gasteiger partial charge in [-0.1, -0.05) is 39.0 Å². The van der Waals surface area contributed by atoms with E-state index in [4.69, 9.17) is 4.74 Å². The summed E-state index contributed by atoms with van der Waals surface area (Å²) >= 11 is 0. The monoisotopic (exact) mass is 346 g/mol. The highest BCUT2D eigenvalue weighted by Gasteiger charge is 2.24. The van der Waals surface area contributed by atoms with Crippen LogP contribution in [0.2, 0.25) is 0 Å². The Labute approximate surface area is 152 Å². The van der Waals surface area contributed by atoms with Gasteiger partial charge in [-0.2, -0.15) is 0 Å². The van der Waals surface area contributed by atoms with E-state index in [2.05, 4.69) is 37.5 Å². The van der Waals surface area contributed by atoms with E-state index in [0.717, 1.165) is 30.8 Å². The van der Waals surface area contributed by atoms with Crippen LogP contribution in [0.5, 0.6) is 5.75 Å². The fourth-order valence-corrected chi connectivity index (χ4v) is 3.70. The summed E-state index contributed by atoms with van der Waals surface area (Å²) in [4.78, 5) is 12.6. The fourth-order valence-electron chi connectivity index (χ4n) is 3.70. The van der Waals surface area contributed by atoms with Crippen molar-refractivity contribution >= 4 is 5.91 Å². The third kappa shape index (κ3) is 6.03. The zero-order valence-corrected chi connectivity index (χ0v) is 16.2. The Hall–Kier alpha value is -1.55. The van der Waals surface area contributed by atoms with E-state index in [-0.39, 0.29) is 11.9 Å². The van der Waals surface area contributed by atoms with Gasteiger partial charge in [0, 0.05) is 12.5 Å². The van der Waals surface area contributed by atoms with Crippen LogP contribution in [0.4, 0.5) is 0 Å². The number of carbonyl (C=O) groups excluding carboxylic acids is 1. The molecule has 0 aliphatic carbocycles. The first-order valence-electron chi connectivity index (χ1n) is 9.63. The van der Waals surface area contributed by atoms with E-state index in [1.165, 1.54) is 12.8 Å². The number of amides is 1. The van der Waals surface area contributed by atoms with Crippen LogP contribution in [0.25, 0.3) is 0 Å². The highest BCUT2D eigenvalue weighted by atomic mass is 16.5. The van der Waals surface area contributed by atoms with E-state index < -0.39 is 0 Å². The van der Waals surface area contributed by atoms with Crippen LogP contribution in [-0.4, -0.2) is 32.1 Å². The van der Waals surface area contributed by atoms with Crippen LogP contribution >= 0.6 is 0 Å². The predicted molar refractivity (Wildman–Crippen MR) is 103 cm³/mol. The molecule has 1 heterocycles. The average Bonchev–Trinajstić information content (AvgIpc) is 2.62. The minimum Gasteiger partial charge on any atom is -0.496 e. The Morgan fingerprint density at radius 2 is 1.92 bits per heavy atom. The lowest BCUT2D eigenvalue weighted by atomic mass is 9.84. The number of nitrogens with one attached hydrogen (secondary N) is 2. The molecule has 2 N–H and O–H groups in total. The summed E-state index contributed by atoms with van der Waals surface area (Å²) in [6.45, 7) is 8.71. The number of hydrogen-bond donors (Lipinski definition) is 2. The third-order valence-corrected chi connectivity index (χ3v) is 5.48. The van der Waals surface area contributed by atoms with Gasteiger partial charge < -0.3 is 15.4 Å². The van der Waals surface area contributed by atoms with E-state index in [1.807, 2.05) is 18.2 Å². The quantitative estimate of drug-likeness (QED) is 0.758. The van der Waals surface area contributed by atoms with Gasteiger partial charge in [0.05, 0.1) is 7.11 Å². The standard InChI is InChI=1S/C21H34N2O2/c1-15(2)19(14-18-7-5-6-8-20(18)25-4)23-21(24)13-16(3)17-9-11-22-12-10-17/h5-8,15-17,19,22H,9-14H2,1-4H3,(H,23,24). The van der Waals surface area contributed by atoms with Crippen LogP contribution in [0, 0.1) is 17.8 Å². The molecule has 0 saturated carbocycles. The van der Waals surface area contributed by atoms with E-state index >= 15 is 0 Å². The molecular formula is C21H34N2O2. The van der Waals surface area contributed by atoms with Gasteiger partial charge in [0.15, 0.2) is 0 Å². The van der Waals surface area contributed by atoms with Gasteiger partial charge in [0.2, 0.25) is 5.91 Å². The number of benzene rings is 1. The Morgan fingerprint density at radius 1 is 1.24 bits per heavy atom. The molecule has 25 heavy (non-hydrogen) atoms. The van der Waals surface area contributed by atoms with Gasteiger partial charge in [-0.25, -0.2) is 0 Å². The Bertz CT molecular complexity index is 538. The van der Waals surface area contributed by atoms with Crippen molar-refractivity contribution in [1.82, 2.24) is 10.6 Å². The Morgan fingerprint density at radius 3 is 2.56 bits per heavy atom. The molecule has 2 atom stereocenters. The maximum atomic E-state index is 12.6. The molecule has 0 radical (unpaired) electrons. The highest BCUT2D eigenvalue weighted by Crippen LogP contribution is 2.25. The normalized spacial score (nSPS) is 18.0. The highest BCUT2D eigenvalue weighted by molar-refractivity contribution is 5.76. The van der Waals surface area contributed by atoms with Gasteiger partial charge in [0.1, 0.15) is 5.75 Å². The van der Waals surface area contributed by atoms with E-state index in [1.54, 1.807) is 7.11 Å². The van der Waals surface area contributed by atoms with Gasteiger partial charge >= 0.3 is 0 Å². The number of carbonyl (C=O) groups is 1. The molecule has 2 unspecified atom stereocenters. The molecule has 1 amide bonds. The number of rotatable bonds is 8. The smallest absolute Gasteiger partial charge is 0.220 e. The van der Waals surface area contributed by atoms with Crippen LogP contribution in [0.3, 0.4) is 0 Å². The molecular weight excluding hydrogens is 312 g/mol. The van der Waals surface area contributed by atoms with Crippen molar-refractivity contribution in [2.45, 2.75) is 52.5 Å². The van der Waals surface area contributed by atoms with Crippen molar-refractivity contribution in [3.8, 4) is 5.75 Å². The molecule has 4 heteroatoms. The lowest BCUT2D eigenvalue weighted by molar-refractivity contribution is -0.123. The lowest BCUT2D eigenvalue weighted by Gasteiger charge is -2.29. The molecule has 0 bridgehead atoms. The summed E-state index contributed by atoms with van der Waals surface area (Å²) in [5.74, 6) is 2.56. The molecule has 0 aromatic heterocycles. The third-order valence-electron chi connectivity index (χ3n) is 5.48.